The highest BCUT2D eigenvalue weighted by atomic mass is 16.5. The fourth-order valence-corrected chi connectivity index (χ4v) is 1.89. The van der Waals surface area contributed by atoms with E-state index < -0.39 is 0 Å². The van der Waals surface area contributed by atoms with Gasteiger partial charge in [0, 0.05) is 11.6 Å². The zero-order chi connectivity index (χ0) is 10.8. The molecule has 78 valence electrons. The highest BCUT2D eigenvalue weighted by Gasteiger charge is 1.96. The number of H-pyrrole nitrogens is 1. The first kappa shape index (κ1) is 9.04. The lowest BCUT2D eigenvalue weighted by molar-refractivity contribution is 0.445. The molecule has 0 radical (unpaired) electrons. The van der Waals surface area contributed by atoms with E-state index in [1.165, 1.54) is 10.8 Å². The zero-order valence-corrected chi connectivity index (χ0v) is 8.68. The molecule has 0 atom stereocenters. The second kappa shape index (κ2) is 3.74. The summed E-state index contributed by atoms with van der Waals surface area (Å²) in [5.74, 6) is 0. The predicted molar refractivity (Wildman–Crippen MR) is 65.7 cm³/mol. The molecule has 1 N–H and O–H groups in total. The van der Waals surface area contributed by atoms with Crippen molar-refractivity contribution >= 4 is 21.7 Å². The molecule has 0 aliphatic heterocycles. The van der Waals surface area contributed by atoms with Gasteiger partial charge in [0.25, 0.3) is 0 Å². The van der Waals surface area contributed by atoms with E-state index in [0.29, 0.717) is 0 Å². The monoisotopic (exact) mass is 209 g/mol. The fourth-order valence-electron chi connectivity index (χ4n) is 1.89. The predicted octanol–water partition coefficient (Wildman–Crippen LogP) is 4.04. The summed E-state index contributed by atoms with van der Waals surface area (Å²) in [6.45, 7) is 0. The maximum absolute atomic E-state index is 5.45. The third-order valence-corrected chi connectivity index (χ3v) is 2.64. The number of para-hydroxylation sites is 1. The maximum Gasteiger partial charge on any atom is 0.162 e. The molecule has 2 heteroatoms. The molecule has 1 heterocycles. The average molecular weight is 209 g/mol. The summed E-state index contributed by atoms with van der Waals surface area (Å²) in [6, 6.07) is 18.3. The van der Waals surface area contributed by atoms with Crippen molar-refractivity contribution < 1.29 is 4.52 Å². The van der Waals surface area contributed by atoms with Crippen LogP contribution in [0.15, 0.2) is 65.3 Å². The smallest absolute Gasteiger partial charge is 0.162 e. The number of fused-ring (bicyclic) bond motifs is 3. The van der Waals surface area contributed by atoms with Gasteiger partial charge >= 0.3 is 0 Å². The normalized spacial score (nSPS) is 10.5. The first-order chi connectivity index (χ1) is 7.95. The van der Waals surface area contributed by atoms with Crippen LogP contribution in [-0.4, -0.2) is 5.16 Å². The Morgan fingerprint density at radius 2 is 1.50 bits per heavy atom. The van der Waals surface area contributed by atoms with E-state index in [1.54, 1.807) is 6.20 Å². The van der Waals surface area contributed by atoms with Gasteiger partial charge in [-0.1, -0.05) is 42.5 Å². The van der Waals surface area contributed by atoms with Crippen LogP contribution in [0.25, 0.3) is 21.7 Å². The topological polar surface area (TPSA) is 28.9 Å². The molecule has 0 aliphatic carbocycles. The summed E-state index contributed by atoms with van der Waals surface area (Å²) in [4.78, 5) is 0. The van der Waals surface area contributed by atoms with Gasteiger partial charge in [-0.25, -0.2) is 5.16 Å². The molecule has 0 spiro atoms. The molecule has 0 bridgehead atoms. The van der Waals surface area contributed by atoms with Gasteiger partial charge in [-0.2, -0.15) is 0 Å². The molecule has 0 fully saturated rings. The molecular formula is C14H11NO. The van der Waals surface area contributed by atoms with Crippen molar-refractivity contribution in [1.29, 1.82) is 0 Å². The Morgan fingerprint density at radius 3 is 2.44 bits per heavy atom. The number of benzene rings is 2. The highest BCUT2D eigenvalue weighted by Crippen LogP contribution is 2.21. The van der Waals surface area contributed by atoms with Crippen LogP contribution in [0.1, 0.15) is 0 Å². The molecule has 16 heavy (non-hydrogen) atoms. The van der Waals surface area contributed by atoms with Crippen molar-refractivity contribution in [3.63, 3.8) is 0 Å². The van der Waals surface area contributed by atoms with E-state index in [1.807, 2.05) is 36.4 Å². The van der Waals surface area contributed by atoms with Gasteiger partial charge in [-0.05, 0) is 22.9 Å². The van der Waals surface area contributed by atoms with E-state index >= 15 is 0 Å². The Morgan fingerprint density at radius 1 is 0.750 bits per heavy atom. The van der Waals surface area contributed by atoms with Crippen molar-refractivity contribution in [2.75, 3.05) is 0 Å². The van der Waals surface area contributed by atoms with Crippen molar-refractivity contribution in [2.45, 2.75) is 0 Å². The summed E-state index contributed by atoms with van der Waals surface area (Å²) in [7, 11) is 0. The molecule has 0 saturated carbocycles. The summed E-state index contributed by atoms with van der Waals surface area (Å²) < 4.78 is 5.45. The van der Waals surface area contributed by atoms with Crippen LogP contribution >= 0.6 is 0 Å². The second-order valence-electron chi connectivity index (χ2n) is 3.64. The third-order valence-electron chi connectivity index (χ3n) is 2.64. The Bertz CT molecular complexity index is 617. The third kappa shape index (κ3) is 1.44. The van der Waals surface area contributed by atoms with Gasteiger partial charge in [0.1, 0.15) is 0 Å². The van der Waals surface area contributed by atoms with Crippen molar-refractivity contribution in [2.24, 2.45) is 0 Å². The molecular weight excluding hydrogens is 198 g/mol. The van der Waals surface area contributed by atoms with Crippen molar-refractivity contribution in [3.8, 4) is 0 Å². The first-order valence-corrected chi connectivity index (χ1v) is 5.22. The number of hydrogen-bond acceptors (Lipinski definition) is 1. The first-order valence-electron chi connectivity index (χ1n) is 5.22. The standard InChI is InChI=1S/C14H11NO/c1-2-6-12-11(5-1)9-10-15-16-14-8-4-3-7-13(12)14/h1-10,15H. The highest BCUT2D eigenvalue weighted by molar-refractivity contribution is 6.03. The molecule has 0 unspecified atom stereocenters. The zero-order valence-electron chi connectivity index (χ0n) is 8.68. The fraction of sp³-hybridized carbons (Fsp3) is 0. The lowest BCUT2D eigenvalue weighted by Gasteiger charge is -1.99. The Kier molecular flexibility index (Phi) is 2.11. The Hall–Kier alpha value is -2.22. The Labute approximate surface area is 92.8 Å². The Balaban J connectivity index is 2.63. The molecule has 3 rings (SSSR count). The van der Waals surface area contributed by atoms with Crippen LogP contribution in [0.2, 0.25) is 0 Å². The summed E-state index contributed by atoms with van der Waals surface area (Å²) in [5.41, 5.74) is 0.847. The van der Waals surface area contributed by atoms with Gasteiger partial charge in [0.05, 0.1) is 0 Å². The van der Waals surface area contributed by atoms with Crippen LogP contribution < -0.4 is 0 Å². The molecule has 2 aromatic carbocycles. The van der Waals surface area contributed by atoms with Crippen LogP contribution in [0.5, 0.6) is 0 Å². The number of aromatic amines is 1. The number of hydrogen-bond donors (Lipinski definition) is 1. The van der Waals surface area contributed by atoms with E-state index in [2.05, 4.69) is 23.4 Å². The molecule has 0 aliphatic rings. The molecule has 3 aromatic rings. The summed E-state index contributed by atoms with van der Waals surface area (Å²) in [6.07, 6.45) is 1.80. The van der Waals surface area contributed by atoms with Crippen LogP contribution in [0, 0.1) is 0 Å². The molecule has 1 aromatic heterocycles. The average Bonchev–Trinajstić information content (AvgIpc) is 2.33. The lowest BCUT2D eigenvalue weighted by Crippen LogP contribution is -1.75. The van der Waals surface area contributed by atoms with E-state index in [0.717, 1.165) is 11.0 Å². The largest absolute Gasteiger partial charge is 0.382 e. The summed E-state index contributed by atoms with van der Waals surface area (Å²) in [5, 5.41) is 6.29. The van der Waals surface area contributed by atoms with Crippen molar-refractivity contribution in [3.05, 3.63) is 60.8 Å². The minimum atomic E-state index is 0.847. The van der Waals surface area contributed by atoms with Gasteiger partial charge in [0.15, 0.2) is 5.58 Å². The van der Waals surface area contributed by atoms with Gasteiger partial charge < -0.3 is 4.52 Å². The van der Waals surface area contributed by atoms with Crippen LogP contribution in [0.3, 0.4) is 0 Å². The lowest BCUT2D eigenvalue weighted by atomic mass is 10.1. The van der Waals surface area contributed by atoms with Gasteiger partial charge in [0.2, 0.25) is 0 Å². The number of nitrogens with one attached hydrogen (secondary N) is 1. The van der Waals surface area contributed by atoms with Crippen LogP contribution in [-0.2, 0) is 0 Å². The van der Waals surface area contributed by atoms with Crippen molar-refractivity contribution in [1.82, 2.24) is 5.16 Å². The molecule has 0 amide bonds. The maximum atomic E-state index is 5.45. The van der Waals surface area contributed by atoms with Gasteiger partial charge in [-0.3, -0.25) is 0 Å². The molecule has 0 saturated heterocycles. The minimum absolute atomic E-state index is 0.847. The van der Waals surface area contributed by atoms with E-state index in [9.17, 15) is 0 Å². The SMILES string of the molecule is c1ccc2c(c1)cc[nH]oc1ccccc12. The number of rotatable bonds is 0. The minimum Gasteiger partial charge on any atom is -0.382 e. The second-order valence-corrected chi connectivity index (χ2v) is 3.64. The van der Waals surface area contributed by atoms with E-state index in [-0.39, 0.29) is 0 Å². The van der Waals surface area contributed by atoms with Crippen LogP contribution in [0.4, 0.5) is 0 Å². The quantitative estimate of drug-likeness (QED) is 0.594. The summed E-state index contributed by atoms with van der Waals surface area (Å²) >= 11 is 0. The molecule has 2 nitrogen and oxygen atoms in total. The number of aromatic nitrogens is 1. The van der Waals surface area contributed by atoms with E-state index in [4.69, 9.17) is 4.52 Å². The van der Waals surface area contributed by atoms with Gasteiger partial charge in [-0.15, -0.1) is 0 Å².